The van der Waals surface area contributed by atoms with E-state index in [9.17, 15) is 4.79 Å². The van der Waals surface area contributed by atoms with E-state index in [0.717, 1.165) is 23.5 Å². The Morgan fingerprint density at radius 3 is 2.77 bits per heavy atom. The minimum atomic E-state index is 0.0857. The summed E-state index contributed by atoms with van der Waals surface area (Å²) in [6.07, 6.45) is 2.05. The minimum Gasteiger partial charge on any atom is -0.497 e. The Kier molecular flexibility index (Phi) is 4.68. The summed E-state index contributed by atoms with van der Waals surface area (Å²) in [5, 5.41) is 3.14. The molecule has 0 radical (unpaired) electrons. The van der Waals surface area contributed by atoms with Gasteiger partial charge in [0.25, 0.3) is 0 Å². The summed E-state index contributed by atoms with van der Waals surface area (Å²) in [5.74, 6) is 1.35. The second kappa shape index (κ2) is 6.88. The fourth-order valence-corrected chi connectivity index (χ4v) is 3.47. The smallest absolute Gasteiger partial charge is 0.230 e. The van der Waals surface area contributed by atoms with E-state index in [4.69, 9.17) is 4.74 Å². The van der Waals surface area contributed by atoms with Crippen LogP contribution in [0.4, 0.5) is 0 Å². The highest BCUT2D eigenvalue weighted by atomic mass is 32.2. The van der Waals surface area contributed by atoms with Crippen LogP contribution in [0.1, 0.15) is 23.6 Å². The molecular formula is C18H19NO2S. The molecule has 4 heteroatoms. The fourth-order valence-electron chi connectivity index (χ4n) is 2.76. The molecule has 1 aliphatic carbocycles. The molecule has 2 aromatic rings. The van der Waals surface area contributed by atoms with Crippen molar-refractivity contribution >= 4 is 17.7 Å². The average molecular weight is 313 g/mol. The van der Waals surface area contributed by atoms with E-state index in [1.807, 2.05) is 30.3 Å². The lowest BCUT2D eigenvalue weighted by molar-refractivity contribution is -0.119. The maximum atomic E-state index is 12.1. The van der Waals surface area contributed by atoms with Gasteiger partial charge in [-0.15, -0.1) is 11.8 Å². The maximum Gasteiger partial charge on any atom is 0.230 e. The van der Waals surface area contributed by atoms with E-state index >= 15 is 0 Å². The molecule has 1 aliphatic rings. The predicted octanol–water partition coefficient (Wildman–Crippen LogP) is 3.59. The third-order valence-corrected chi connectivity index (χ3v) is 4.91. The second-order valence-corrected chi connectivity index (χ2v) is 6.37. The lowest BCUT2D eigenvalue weighted by atomic mass is 10.1. The Morgan fingerprint density at radius 2 is 2.00 bits per heavy atom. The van der Waals surface area contributed by atoms with Gasteiger partial charge in [-0.2, -0.15) is 0 Å². The van der Waals surface area contributed by atoms with Gasteiger partial charge in [0.05, 0.1) is 18.9 Å². The van der Waals surface area contributed by atoms with Crippen molar-refractivity contribution in [3.05, 3.63) is 59.7 Å². The normalized spacial score (nSPS) is 16.1. The Labute approximate surface area is 135 Å². The van der Waals surface area contributed by atoms with Gasteiger partial charge in [0, 0.05) is 4.90 Å². The second-order valence-electron chi connectivity index (χ2n) is 5.32. The number of aryl methyl sites for hydroxylation is 1. The lowest BCUT2D eigenvalue weighted by Crippen LogP contribution is -2.28. The highest BCUT2D eigenvalue weighted by molar-refractivity contribution is 8.00. The van der Waals surface area contributed by atoms with Crippen LogP contribution in [-0.4, -0.2) is 18.8 Å². The summed E-state index contributed by atoms with van der Waals surface area (Å²) in [6, 6.07) is 16.3. The summed E-state index contributed by atoms with van der Waals surface area (Å²) in [4.78, 5) is 13.2. The topological polar surface area (TPSA) is 38.3 Å². The molecule has 0 spiro atoms. The van der Waals surface area contributed by atoms with Gasteiger partial charge in [0.1, 0.15) is 5.75 Å². The first-order chi connectivity index (χ1) is 10.8. The van der Waals surface area contributed by atoms with Crippen molar-refractivity contribution in [1.29, 1.82) is 0 Å². The number of rotatable bonds is 5. The number of thioether (sulfide) groups is 1. The summed E-state index contributed by atoms with van der Waals surface area (Å²) in [7, 11) is 1.65. The summed E-state index contributed by atoms with van der Waals surface area (Å²) in [5.41, 5.74) is 2.63. The van der Waals surface area contributed by atoms with Crippen LogP contribution in [0.3, 0.4) is 0 Å². The first kappa shape index (κ1) is 15.0. The predicted molar refractivity (Wildman–Crippen MR) is 89.4 cm³/mol. The van der Waals surface area contributed by atoms with E-state index in [1.54, 1.807) is 18.9 Å². The molecule has 22 heavy (non-hydrogen) atoms. The quantitative estimate of drug-likeness (QED) is 0.857. The van der Waals surface area contributed by atoms with Gasteiger partial charge in [0.2, 0.25) is 5.91 Å². The third-order valence-electron chi connectivity index (χ3n) is 3.90. The van der Waals surface area contributed by atoms with Crippen LogP contribution < -0.4 is 10.1 Å². The highest BCUT2D eigenvalue weighted by Crippen LogP contribution is 2.31. The Hall–Kier alpha value is -1.94. The lowest BCUT2D eigenvalue weighted by Gasteiger charge is -2.14. The van der Waals surface area contributed by atoms with Gasteiger partial charge in [-0.3, -0.25) is 4.79 Å². The van der Waals surface area contributed by atoms with E-state index in [1.165, 1.54) is 11.1 Å². The van der Waals surface area contributed by atoms with Crippen molar-refractivity contribution < 1.29 is 9.53 Å². The molecule has 3 rings (SSSR count). The van der Waals surface area contributed by atoms with Gasteiger partial charge in [-0.25, -0.2) is 0 Å². The van der Waals surface area contributed by atoms with Crippen LogP contribution in [0.15, 0.2) is 53.4 Å². The molecular weight excluding hydrogens is 294 g/mol. The van der Waals surface area contributed by atoms with Crippen molar-refractivity contribution in [2.75, 3.05) is 12.9 Å². The van der Waals surface area contributed by atoms with E-state index in [2.05, 4.69) is 23.5 Å². The Morgan fingerprint density at radius 1 is 1.23 bits per heavy atom. The Bertz CT molecular complexity index is 654. The Balaban J connectivity index is 1.53. The zero-order chi connectivity index (χ0) is 15.4. The van der Waals surface area contributed by atoms with Gasteiger partial charge in [-0.05, 0) is 48.2 Å². The van der Waals surface area contributed by atoms with E-state index < -0.39 is 0 Å². The number of carbonyl (C=O) groups excluding carboxylic acids is 1. The highest BCUT2D eigenvalue weighted by Gasteiger charge is 2.23. The van der Waals surface area contributed by atoms with Crippen molar-refractivity contribution in [3.8, 4) is 5.75 Å². The van der Waals surface area contributed by atoms with E-state index in [-0.39, 0.29) is 11.9 Å². The van der Waals surface area contributed by atoms with Gasteiger partial charge < -0.3 is 10.1 Å². The fraction of sp³-hybridized carbons (Fsp3) is 0.278. The number of nitrogens with one attached hydrogen (secondary N) is 1. The minimum absolute atomic E-state index is 0.0857. The molecule has 1 amide bonds. The average Bonchev–Trinajstić information content (AvgIpc) is 2.97. The van der Waals surface area contributed by atoms with Crippen molar-refractivity contribution in [1.82, 2.24) is 5.32 Å². The third kappa shape index (κ3) is 3.45. The monoisotopic (exact) mass is 313 g/mol. The molecule has 0 heterocycles. The molecule has 0 aliphatic heterocycles. The standard InChI is InChI=1S/C18H19NO2S/c1-21-14-7-9-15(10-8-14)22-12-18(20)19-17-11-6-13-4-2-3-5-16(13)17/h2-5,7-10,17H,6,11-12H2,1H3,(H,19,20). The molecule has 1 unspecified atom stereocenters. The molecule has 0 saturated carbocycles. The number of methoxy groups -OCH3 is 1. The summed E-state index contributed by atoms with van der Waals surface area (Å²) in [6.45, 7) is 0. The molecule has 0 aromatic heterocycles. The van der Waals surface area contributed by atoms with Crippen LogP contribution in [-0.2, 0) is 11.2 Å². The number of hydrogen-bond donors (Lipinski definition) is 1. The first-order valence-electron chi connectivity index (χ1n) is 7.40. The van der Waals surface area contributed by atoms with Gasteiger partial charge >= 0.3 is 0 Å². The maximum absolute atomic E-state index is 12.1. The van der Waals surface area contributed by atoms with Gasteiger partial charge in [0.15, 0.2) is 0 Å². The van der Waals surface area contributed by atoms with Crippen molar-refractivity contribution in [3.63, 3.8) is 0 Å². The van der Waals surface area contributed by atoms with E-state index in [0.29, 0.717) is 5.75 Å². The number of benzene rings is 2. The first-order valence-corrected chi connectivity index (χ1v) is 8.39. The molecule has 0 fully saturated rings. The molecule has 0 bridgehead atoms. The number of carbonyl (C=O) groups is 1. The van der Waals surface area contributed by atoms with Crippen LogP contribution in [0.5, 0.6) is 5.75 Å². The molecule has 1 atom stereocenters. The zero-order valence-electron chi connectivity index (χ0n) is 12.5. The zero-order valence-corrected chi connectivity index (χ0v) is 13.4. The van der Waals surface area contributed by atoms with Crippen molar-refractivity contribution in [2.45, 2.75) is 23.8 Å². The number of hydrogen-bond acceptors (Lipinski definition) is 3. The van der Waals surface area contributed by atoms with Crippen LogP contribution in [0.25, 0.3) is 0 Å². The molecule has 0 saturated heterocycles. The SMILES string of the molecule is COc1ccc(SCC(=O)NC2CCc3ccccc32)cc1. The molecule has 2 aromatic carbocycles. The van der Waals surface area contributed by atoms with Crippen LogP contribution >= 0.6 is 11.8 Å². The molecule has 114 valence electrons. The van der Waals surface area contributed by atoms with Gasteiger partial charge in [-0.1, -0.05) is 24.3 Å². The molecule has 1 N–H and O–H groups in total. The number of ether oxygens (including phenoxy) is 1. The number of amides is 1. The molecule has 3 nitrogen and oxygen atoms in total. The van der Waals surface area contributed by atoms with Crippen molar-refractivity contribution in [2.24, 2.45) is 0 Å². The summed E-state index contributed by atoms with van der Waals surface area (Å²) >= 11 is 1.54. The summed E-state index contributed by atoms with van der Waals surface area (Å²) < 4.78 is 5.13. The van der Waals surface area contributed by atoms with Crippen LogP contribution in [0, 0.1) is 0 Å². The van der Waals surface area contributed by atoms with Crippen LogP contribution in [0.2, 0.25) is 0 Å². The largest absolute Gasteiger partial charge is 0.497 e. The number of fused-ring (bicyclic) bond motifs is 1.